The second-order valence-electron chi connectivity index (χ2n) is 5.18. The monoisotopic (exact) mass is 311 g/mol. The molecule has 3 rings (SSSR count). The predicted octanol–water partition coefficient (Wildman–Crippen LogP) is 3.19. The molecule has 0 atom stereocenters. The van der Waals surface area contributed by atoms with Crippen LogP contribution in [0.25, 0.3) is 16.9 Å². The van der Waals surface area contributed by atoms with Gasteiger partial charge in [0.25, 0.3) is 0 Å². The molecule has 0 saturated heterocycles. The largest absolute Gasteiger partial charge is 0.497 e. The summed E-state index contributed by atoms with van der Waals surface area (Å²) in [7, 11) is 1.63. The minimum Gasteiger partial charge on any atom is -0.497 e. The number of hydrogen-bond donors (Lipinski definition) is 1. The van der Waals surface area contributed by atoms with E-state index in [1.807, 2.05) is 35.0 Å². The molecule has 0 aliphatic rings. The third-order valence-electron chi connectivity index (χ3n) is 3.62. The number of benzene rings is 2. The summed E-state index contributed by atoms with van der Waals surface area (Å²) in [6.07, 6.45) is 0.692. The highest BCUT2D eigenvalue weighted by molar-refractivity contribution is 5.63. The number of nitrogens with zero attached hydrogens (tertiary/aromatic N) is 2. The van der Waals surface area contributed by atoms with Crippen molar-refractivity contribution < 1.29 is 9.13 Å². The Morgan fingerprint density at radius 3 is 2.39 bits per heavy atom. The minimum atomic E-state index is -0.258. The van der Waals surface area contributed by atoms with Crippen LogP contribution in [0.5, 0.6) is 5.75 Å². The first kappa shape index (κ1) is 15.2. The van der Waals surface area contributed by atoms with Gasteiger partial charge in [-0.3, -0.25) is 0 Å². The summed E-state index contributed by atoms with van der Waals surface area (Å²) >= 11 is 0. The van der Waals surface area contributed by atoms with Gasteiger partial charge in [0.15, 0.2) is 0 Å². The Kier molecular flexibility index (Phi) is 4.39. The maximum Gasteiger partial charge on any atom is 0.123 e. The van der Waals surface area contributed by atoms with Gasteiger partial charge in [0.2, 0.25) is 0 Å². The van der Waals surface area contributed by atoms with Crippen molar-refractivity contribution in [2.24, 2.45) is 5.73 Å². The van der Waals surface area contributed by atoms with Crippen molar-refractivity contribution >= 4 is 0 Å². The second kappa shape index (κ2) is 6.62. The van der Waals surface area contributed by atoms with Crippen LogP contribution < -0.4 is 10.5 Å². The van der Waals surface area contributed by atoms with Gasteiger partial charge in [-0.1, -0.05) is 0 Å². The first-order valence-corrected chi connectivity index (χ1v) is 7.40. The Hall–Kier alpha value is -2.66. The number of ether oxygens (including phenoxy) is 1. The number of hydrogen-bond acceptors (Lipinski definition) is 3. The van der Waals surface area contributed by atoms with Gasteiger partial charge in [-0.05, 0) is 61.1 Å². The maximum absolute atomic E-state index is 13.2. The summed E-state index contributed by atoms with van der Waals surface area (Å²) in [5, 5.41) is 4.63. The van der Waals surface area contributed by atoms with E-state index in [2.05, 4.69) is 5.10 Å². The SMILES string of the molecule is COc1ccc(-n2nc(CCN)cc2-c2ccc(F)cc2)cc1. The van der Waals surface area contributed by atoms with Crippen LogP contribution in [0.2, 0.25) is 0 Å². The molecule has 118 valence electrons. The number of aromatic nitrogens is 2. The normalized spacial score (nSPS) is 10.7. The van der Waals surface area contributed by atoms with Crippen LogP contribution in [0.3, 0.4) is 0 Å². The van der Waals surface area contributed by atoms with Crippen molar-refractivity contribution in [1.82, 2.24) is 9.78 Å². The molecule has 0 unspecified atom stereocenters. The highest BCUT2D eigenvalue weighted by atomic mass is 19.1. The molecule has 23 heavy (non-hydrogen) atoms. The molecule has 0 aliphatic heterocycles. The smallest absolute Gasteiger partial charge is 0.123 e. The molecule has 0 bridgehead atoms. The van der Waals surface area contributed by atoms with Gasteiger partial charge in [-0.25, -0.2) is 9.07 Å². The minimum absolute atomic E-state index is 0.258. The van der Waals surface area contributed by atoms with Crippen LogP contribution >= 0.6 is 0 Å². The fraction of sp³-hybridized carbons (Fsp3) is 0.167. The van der Waals surface area contributed by atoms with Crippen molar-refractivity contribution in [2.75, 3.05) is 13.7 Å². The van der Waals surface area contributed by atoms with E-state index in [1.54, 1.807) is 19.2 Å². The van der Waals surface area contributed by atoms with E-state index in [0.29, 0.717) is 13.0 Å². The Morgan fingerprint density at radius 1 is 1.09 bits per heavy atom. The van der Waals surface area contributed by atoms with Gasteiger partial charge >= 0.3 is 0 Å². The lowest BCUT2D eigenvalue weighted by molar-refractivity contribution is 0.414. The quantitative estimate of drug-likeness (QED) is 0.787. The van der Waals surface area contributed by atoms with Gasteiger partial charge < -0.3 is 10.5 Å². The third-order valence-corrected chi connectivity index (χ3v) is 3.62. The summed E-state index contributed by atoms with van der Waals surface area (Å²) < 4.78 is 20.2. The lowest BCUT2D eigenvalue weighted by Crippen LogP contribution is -2.04. The van der Waals surface area contributed by atoms with Crippen LogP contribution in [0, 0.1) is 5.82 Å². The summed E-state index contributed by atoms with van der Waals surface area (Å²) in [6, 6.07) is 16.0. The Labute approximate surface area is 134 Å². The summed E-state index contributed by atoms with van der Waals surface area (Å²) in [4.78, 5) is 0. The molecule has 3 aromatic rings. The average molecular weight is 311 g/mol. The number of methoxy groups -OCH3 is 1. The zero-order valence-electron chi connectivity index (χ0n) is 12.9. The molecule has 4 nitrogen and oxygen atoms in total. The molecule has 5 heteroatoms. The standard InChI is InChI=1S/C18H18FN3O/c1-23-17-8-6-16(7-9-17)22-18(12-15(21-22)10-11-20)13-2-4-14(19)5-3-13/h2-9,12H,10-11,20H2,1H3. The molecule has 0 aliphatic carbocycles. The van der Waals surface area contributed by atoms with Gasteiger partial charge in [0.1, 0.15) is 11.6 Å². The van der Waals surface area contributed by atoms with Crippen LogP contribution in [-0.2, 0) is 6.42 Å². The van der Waals surface area contributed by atoms with Crippen molar-refractivity contribution in [3.05, 3.63) is 66.1 Å². The van der Waals surface area contributed by atoms with E-state index in [0.717, 1.165) is 28.4 Å². The maximum atomic E-state index is 13.2. The number of rotatable bonds is 5. The molecular formula is C18H18FN3O. The highest BCUT2D eigenvalue weighted by Crippen LogP contribution is 2.25. The predicted molar refractivity (Wildman–Crippen MR) is 88.3 cm³/mol. The number of nitrogens with two attached hydrogens (primary N) is 1. The Balaban J connectivity index is 2.08. The Morgan fingerprint density at radius 2 is 1.78 bits per heavy atom. The molecule has 2 aromatic carbocycles. The molecule has 2 N–H and O–H groups in total. The van der Waals surface area contributed by atoms with E-state index < -0.39 is 0 Å². The zero-order chi connectivity index (χ0) is 16.2. The Bertz CT molecular complexity index is 779. The highest BCUT2D eigenvalue weighted by Gasteiger charge is 2.12. The van der Waals surface area contributed by atoms with Crippen molar-refractivity contribution in [3.8, 4) is 22.7 Å². The molecule has 0 radical (unpaired) electrons. The summed E-state index contributed by atoms with van der Waals surface area (Å²) in [5.74, 6) is 0.526. The van der Waals surface area contributed by atoms with E-state index in [1.165, 1.54) is 12.1 Å². The first-order valence-electron chi connectivity index (χ1n) is 7.40. The lowest BCUT2D eigenvalue weighted by atomic mass is 10.1. The molecule has 0 saturated carbocycles. The molecule has 0 fully saturated rings. The van der Waals surface area contributed by atoms with Crippen LogP contribution in [0.15, 0.2) is 54.6 Å². The molecule has 1 heterocycles. The van der Waals surface area contributed by atoms with Gasteiger partial charge in [-0.2, -0.15) is 5.10 Å². The van der Waals surface area contributed by atoms with Gasteiger partial charge in [0.05, 0.1) is 24.2 Å². The van der Waals surface area contributed by atoms with Crippen molar-refractivity contribution in [1.29, 1.82) is 0 Å². The van der Waals surface area contributed by atoms with Gasteiger partial charge in [-0.15, -0.1) is 0 Å². The van der Waals surface area contributed by atoms with E-state index in [9.17, 15) is 4.39 Å². The third kappa shape index (κ3) is 3.24. The van der Waals surface area contributed by atoms with Crippen LogP contribution in [0.4, 0.5) is 4.39 Å². The summed E-state index contributed by atoms with van der Waals surface area (Å²) in [5.41, 5.74) is 9.26. The second-order valence-corrected chi connectivity index (χ2v) is 5.18. The first-order chi connectivity index (χ1) is 11.2. The fourth-order valence-corrected chi connectivity index (χ4v) is 2.45. The zero-order valence-corrected chi connectivity index (χ0v) is 12.9. The van der Waals surface area contributed by atoms with E-state index >= 15 is 0 Å². The molecular weight excluding hydrogens is 293 g/mol. The van der Waals surface area contributed by atoms with E-state index in [4.69, 9.17) is 10.5 Å². The average Bonchev–Trinajstić information content (AvgIpc) is 3.00. The number of halogens is 1. The van der Waals surface area contributed by atoms with Crippen LogP contribution in [-0.4, -0.2) is 23.4 Å². The van der Waals surface area contributed by atoms with Gasteiger partial charge in [0, 0.05) is 12.0 Å². The summed E-state index contributed by atoms with van der Waals surface area (Å²) in [6.45, 7) is 0.530. The molecule has 0 amide bonds. The topological polar surface area (TPSA) is 53.1 Å². The molecule has 1 aromatic heterocycles. The van der Waals surface area contributed by atoms with Crippen LogP contribution in [0.1, 0.15) is 5.69 Å². The lowest BCUT2D eigenvalue weighted by Gasteiger charge is -2.08. The molecule has 0 spiro atoms. The van der Waals surface area contributed by atoms with Crippen molar-refractivity contribution in [3.63, 3.8) is 0 Å². The fourth-order valence-electron chi connectivity index (χ4n) is 2.45. The van der Waals surface area contributed by atoms with Crippen molar-refractivity contribution in [2.45, 2.75) is 6.42 Å². The van der Waals surface area contributed by atoms with E-state index in [-0.39, 0.29) is 5.82 Å².